The zero-order valence-electron chi connectivity index (χ0n) is 18.9. The van der Waals surface area contributed by atoms with E-state index in [0.29, 0.717) is 33.6 Å². The van der Waals surface area contributed by atoms with E-state index < -0.39 is 0 Å². The molecular formula is C27H17Cl2N3O4. The van der Waals surface area contributed by atoms with E-state index in [2.05, 4.69) is 16.0 Å². The molecule has 0 saturated carbocycles. The summed E-state index contributed by atoms with van der Waals surface area (Å²) in [6.07, 6.45) is 6.69. The van der Waals surface area contributed by atoms with Crippen LogP contribution in [0.25, 0.3) is 33.5 Å². The van der Waals surface area contributed by atoms with Crippen LogP contribution in [0.2, 0.25) is 10.0 Å². The van der Waals surface area contributed by atoms with Crippen molar-refractivity contribution in [3.8, 4) is 35.4 Å². The Labute approximate surface area is 215 Å². The fraction of sp³-hybridized carbons (Fsp3) is 0.0741. The zero-order chi connectivity index (χ0) is 25.2. The number of benzene rings is 3. The van der Waals surface area contributed by atoms with E-state index >= 15 is 0 Å². The predicted octanol–water partition coefficient (Wildman–Crippen LogP) is 6.02. The van der Waals surface area contributed by atoms with Gasteiger partial charge in [0.15, 0.2) is 11.5 Å². The Morgan fingerprint density at radius 2 is 1.89 bits per heavy atom. The van der Waals surface area contributed by atoms with Gasteiger partial charge in [0.05, 0.1) is 39.7 Å². The first-order valence-electron chi connectivity index (χ1n) is 10.7. The molecule has 0 aliphatic carbocycles. The number of para-hydroxylation sites is 1. The van der Waals surface area contributed by atoms with Crippen LogP contribution in [0.4, 0.5) is 0 Å². The van der Waals surface area contributed by atoms with Crippen molar-refractivity contribution in [1.29, 1.82) is 0 Å². The van der Waals surface area contributed by atoms with Crippen molar-refractivity contribution in [3.63, 3.8) is 0 Å². The molecule has 2 aromatic heterocycles. The van der Waals surface area contributed by atoms with Crippen LogP contribution >= 0.6 is 23.2 Å². The SMILES string of the molecule is C#CCOc1c(Cl)cc(C=Nn2c(-c3cc4c(OC)cccc4o3)nc3ccccc3c2=O)cc1Cl. The molecule has 7 nitrogen and oxygen atoms in total. The highest BCUT2D eigenvalue weighted by Crippen LogP contribution is 2.34. The molecular weight excluding hydrogens is 501 g/mol. The molecule has 2 heterocycles. The fourth-order valence-corrected chi connectivity index (χ4v) is 4.36. The monoisotopic (exact) mass is 517 g/mol. The summed E-state index contributed by atoms with van der Waals surface area (Å²) >= 11 is 12.6. The van der Waals surface area contributed by atoms with Gasteiger partial charge in [-0.3, -0.25) is 4.79 Å². The van der Waals surface area contributed by atoms with Crippen LogP contribution in [0.15, 0.2) is 75.0 Å². The van der Waals surface area contributed by atoms with E-state index in [1.165, 1.54) is 10.9 Å². The molecule has 0 fully saturated rings. The summed E-state index contributed by atoms with van der Waals surface area (Å²) in [5.74, 6) is 3.85. The Kier molecular flexibility index (Phi) is 6.38. The minimum atomic E-state index is -0.370. The predicted molar refractivity (Wildman–Crippen MR) is 142 cm³/mol. The third-order valence-corrected chi connectivity index (χ3v) is 5.92. The van der Waals surface area contributed by atoms with Gasteiger partial charge in [0.1, 0.15) is 17.9 Å². The second-order valence-corrected chi connectivity index (χ2v) is 8.42. The van der Waals surface area contributed by atoms with Crippen molar-refractivity contribution in [2.24, 2.45) is 5.10 Å². The quantitative estimate of drug-likeness (QED) is 0.203. The number of hydrogen-bond donors (Lipinski definition) is 0. The summed E-state index contributed by atoms with van der Waals surface area (Å²) in [5.41, 5.74) is 1.27. The first-order chi connectivity index (χ1) is 17.5. The van der Waals surface area contributed by atoms with Crippen molar-refractivity contribution in [3.05, 3.63) is 86.6 Å². The van der Waals surface area contributed by atoms with Crippen LogP contribution < -0.4 is 15.0 Å². The van der Waals surface area contributed by atoms with Gasteiger partial charge in [-0.1, -0.05) is 47.3 Å². The number of hydrogen-bond acceptors (Lipinski definition) is 6. The van der Waals surface area contributed by atoms with Crippen LogP contribution in [-0.2, 0) is 0 Å². The van der Waals surface area contributed by atoms with Crippen LogP contribution in [0, 0.1) is 12.3 Å². The van der Waals surface area contributed by atoms with E-state index in [-0.39, 0.29) is 33.8 Å². The van der Waals surface area contributed by atoms with Gasteiger partial charge in [0.2, 0.25) is 5.82 Å². The lowest BCUT2D eigenvalue weighted by Gasteiger charge is -2.09. The van der Waals surface area contributed by atoms with Gasteiger partial charge in [-0.2, -0.15) is 9.78 Å². The van der Waals surface area contributed by atoms with Crippen LogP contribution in [-0.4, -0.2) is 29.6 Å². The summed E-state index contributed by atoms with van der Waals surface area (Å²) in [6, 6.07) is 17.4. The zero-order valence-corrected chi connectivity index (χ0v) is 20.4. The maximum absolute atomic E-state index is 13.4. The lowest BCUT2D eigenvalue weighted by Crippen LogP contribution is -2.20. The molecule has 0 radical (unpaired) electrons. The molecule has 0 aliphatic rings. The van der Waals surface area contributed by atoms with Crippen molar-refractivity contribution >= 4 is 51.3 Å². The molecule has 5 rings (SSSR count). The van der Waals surface area contributed by atoms with Gasteiger partial charge in [-0.25, -0.2) is 4.98 Å². The number of ether oxygens (including phenoxy) is 2. The van der Waals surface area contributed by atoms with E-state index in [1.54, 1.807) is 43.5 Å². The standard InChI is InChI=1S/C27H17Cl2N3O4/c1-3-11-35-25-19(28)12-16(13-20(25)29)15-30-32-26(31-21-8-5-4-7-17(21)27(32)33)24-14-18-22(34-2)9-6-10-23(18)36-24/h1,4-10,12-15H,11H2,2H3. The molecule has 0 spiro atoms. The largest absolute Gasteiger partial charge is 0.496 e. The molecule has 0 N–H and O–H groups in total. The molecule has 0 atom stereocenters. The lowest BCUT2D eigenvalue weighted by molar-refractivity contribution is 0.371. The van der Waals surface area contributed by atoms with Gasteiger partial charge >= 0.3 is 0 Å². The van der Waals surface area contributed by atoms with Gasteiger partial charge in [-0.15, -0.1) is 6.42 Å². The van der Waals surface area contributed by atoms with Crippen molar-refractivity contribution in [2.45, 2.75) is 0 Å². The van der Waals surface area contributed by atoms with E-state index in [9.17, 15) is 4.79 Å². The normalized spacial score (nSPS) is 11.3. The highest BCUT2D eigenvalue weighted by molar-refractivity contribution is 6.37. The molecule has 3 aromatic carbocycles. The molecule has 0 bridgehead atoms. The highest BCUT2D eigenvalue weighted by atomic mass is 35.5. The fourth-order valence-electron chi connectivity index (χ4n) is 3.74. The summed E-state index contributed by atoms with van der Waals surface area (Å²) < 4.78 is 18.0. The van der Waals surface area contributed by atoms with Crippen LogP contribution in [0.5, 0.6) is 11.5 Å². The number of terminal acetylenes is 1. The number of furan rings is 1. The van der Waals surface area contributed by atoms with Gasteiger partial charge < -0.3 is 13.9 Å². The molecule has 0 saturated heterocycles. The summed E-state index contributed by atoms with van der Waals surface area (Å²) in [4.78, 5) is 18.1. The second-order valence-electron chi connectivity index (χ2n) is 7.60. The number of methoxy groups -OCH3 is 1. The summed E-state index contributed by atoms with van der Waals surface area (Å²) in [5, 5.41) is 6.09. The van der Waals surface area contributed by atoms with E-state index in [0.717, 1.165) is 5.39 Å². The first-order valence-corrected chi connectivity index (χ1v) is 11.4. The maximum atomic E-state index is 13.4. The van der Waals surface area contributed by atoms with Crippen LogP contribution in [0.3, 0.4) is 0 Å². The number of halogens is 2. The molecule has 0 aliphatic heterocycles. The Balaban J connectivity index is 1.66. The summed E-state index contributed by atoms with van der Waals surface area (Å²) in [7, 11) is 1.58. The summed E-state index contributed by atoms with van der Waals surface area (Å²) in [6.45, 7) is 0.0245. The third kappa shape index (κ3) is 4.29. The highest BCUT2D eigenvalue weighted by Gasteiger charge is 2.18. The number of rotatable bonds is 6. The second kappa shape index (κ2) is 9.78. The number of aromatic nitrogens is 2. The minimum Gasteiger partial charge on any atom is -0.496 e. The Hall–Kier alpha value is -4.25. The average Bonchev–Trinajstić information content (AvgIpc) is 3.32. The van der Waals surface area contributed by atoms with Crippen LogP contribution in [0.1, 0.15) is 5.56 Å². The van der Waals surface area contributed by atoms with Crippen molar-refractivity contribution in [2.75, 3.05) is 13.7 Å². The smallest absolute Gasteiger partial charge is 0.282 e. The first kappa shape index (κ1) is 23.5. The Morgan fingerprint density at radius 1 is 1.11 bits per heavy atom. The maximum Gasteiger partial charge on any atom is 0.282 e. The van der Waals surface area contributed by atoms with Gasteiger partial charge in [-0.05, 0) is 48.0 Å². The number of nitrogens with zero attached hydrogens (tertiary/aromatic N) is 3. The van der Waals surface area contributed by atoms with Gasteiger partial charge in [0, 0.05) is 0 Å². The molecule has 178 valence electrons. The van der Waals surface area contributed by atoms with E-state index in [4.69, 9.17) is 43.5 Å². The Bertz CT molecular complexity index is 1730. The molecule has 0 unspecified atom stereocenters. The topological polar surface area (TPSA) is 78.8 Å². The third-order valence-electron chi connectivity index (χ3n) is 5.36. The molecule has 9 heteroatoms. The number of fused-ring (bicyclic) bond motifs is 2. The van der Waals surface area contributed by atoms with Crippen molar-refractivity contribution < 1.29 is 13.9 Å². The molecule has 5 aromatic rings. The minimum absolute atomic E-state index is 0.0245. The molecule has 0 amide bonds. The van der Waals surface area contributed by atoms with E-state index in [1.807, 2.05) is 24.3 Å². The molecule has 36 heavy (non-hydrogen) atoms. The van der Waals surface area contributed by atoms with Crippen molar-refractivity contribution in [1.82, 2.24) is 9.66 Å². The lowest BCUT2D eigenvalue weighted by atomic mass is 10.2. The Morgan fingerprint density at radius 3 is 2.64 bits per heavy atom. The average molecular weight is 518 g/mol. The van der Waals surface area contributed by atoms with Gasteiger partial charge in [0.25, 0.3) is 5.56 Å².